The quantitative estimate of drug-likeness (QED) is 0.390. The minimum atomic E-state index is -0.178. The van der Waals surface area contributed by atoms with Crippen LogP contribution in [0.15, 0.2) is 46.2 Å². The van der Waals surface area contributed by atoms with Crippen LogP contribution in [-0.4, -0.2) is 48.9 Å². The fraction of sp³-hybridized carbons (Fsp3) is 0.167. The largest absolute Gasteiger partial charge is 0.497 e. The first-order valence-corrected chi connectivity index (χ1v) is 12.7. The smallest absolute Gasteiger partial charge is 0.263 e. The van der Waals surface area contributed by atoms with Gasteiger partial charge in [-0.15, -0.1) is 0 Å². The lowest BCUT2D eigenvalue weighted by Gasteiger charge is -2.07. The van der Waals surface area contributed by atoms with Crippen LogP contribution in [-0.2, 0) is 9.59 Å². The maximum atomic E-state index is 11.6. The summed E-state index contributed by atoms with van der Waals surface area (Å²) in [7, 11) is 6.32. The molecule has 188 valence electrons. The SMILES string of the molecule is COc1ccc(/C=C2\SC(=S)NC2=O)c(OC)c1.COc1ccc(/C=C2\SC(=S)NC2=O)c(OC)c1. The van der Waals surface area contributed by atoms with Gasteiger partial charge in [-0.25, -0.2) is 0 Å². The summed E-state index contributed by atoms with van der Waals surface area (Å²) in [5, 5.41) is 5.14. The van der Waals surface area contributed by atoms with E-state index in [2.05, 4.69) is 10.6 Å². The van der Waals surface area contributed by atoms with Gasteiger partial charge in [-0.1, -0.05) is 48.0 Å². The van der Waals surface area contributed by atoms with Crippen LogP contribution < -0.4 is 29.6 Å². The zero-order valence-electron chi connectivity index (χ0n) is 19.7. The molecule has 36 heavy (non-hydrogen) atoms. The molecule has 4 rings (SSSR count). The molecule has 2 aromatic carbocycles. The Hall–Kier alpha value is -3.06. The summed E-state index contributed by atoms with van der Waals surface area (Å²) in [6.07, 6.45) is 3.50. The summed E-state index contributed by atoms with van der Waals surface area (Å²) >= 11 is 12.3. The Labute approximate surface area is 227 Å². The maximum absolute atomic E-state index is 11.6. The van der Waals surface area contributed by atoms with Gasteiger partial charge in [0.25, 0.3) is 11.8 Å². The normalized spacial score (nSPS) is 16.9. The molecule has 0 aliphatic carbocycles. The molecule has 0 radical (unpaired) electrons. The Morgan fingerprint density at radius 3 is 1.33 bits per heavy atom. The van der Waals surface area contributed by atoms with E-state index >= 15 is 0 Å². The zero-order chi connectivity index (χ0) is 26.2. The summed E-state index contributed by atoms with van der Waals surface area (Å²) in [5.41, 5.74) is 1.61. The minimum Gasteiger partial charge on any atom is -0.497 e. The van der Waals surface area contributed by atoms with Crippen LogP contribution >= 0.6 is 48.0 Å². The van der Waals surface area contributed by atoms with Crippen LogP contribution in [0, 0.1) is 0 Å². The zero-order valence-corrected chi connectivity index (χ0v) is 23.0. The van der Waals surface area contributed by atoms with E-state index in [0.717, 1.165) is 11.1 Å². The predicted molar refractivity (Wildman–Crippen MR) is 152 cm³/mol. The van der Waals surface area contributed by atoms with Gasteiger partial charge in [0.05, 0.1) is 38.2 Å². The van der Waals surface area contributed by atoms with Gasteiger partial charge in [-0.3, -0.25) is 9.59 Å². The number of benzene rings is 2. The molecule has 8 nitrogen and oxygen atoms in total. The molecule has 2 aliphatic heterocycles. The van der Waals surface area contributed by atoms with Gasteiger partial charge < -0.3 is 29.6 Å². The molecule has 0 unspecified atom stereocenters. The number of rotatable bonds is 6. The first kappa shape index (κ1) is 27.5. The monoisotopic (exact) mass is 562 g/mol. The molecule has 0 saturated carbocycles. The highest BCUT2D eigenvalue weighted by molar-refractivity contribution is 8.27. The lowest BCUT2D eigenvalue weighted by atomic mass is 10.1. The van der Waals surface area contributed by atoms with Crippen molar-refractivity contribution in [1.82, 2.24) is 10.6 Å². The molecule has 2 N–H and O–H groups in total. The average Bonchev–Trinajstić information content (AvgIpc) is 3.37. The van der Waals surface area contributed by atoms with Crippen molar-refractivity contribution in [2.24, 2.45) is 0 Å². The van der Waals surface area contributed by atoms with Gasteiger partial charge in [-0.05, 0) is 36.4 Å². The molecule has 2 amide bonds. The van der Waals surface area contributed by atoms with E-state index in [-0.39, 0.29) is 11.8 Å². The van der Waals surface area contributed by atoms with Gasteiger partial charge in [0.2, 0.25) is 0 Å². The van der Waals surface area contributed by atoms with Crippen molar-refractivity contribution in [3.05, 3.63) is 57.3 Å². The van der Waals surface area contributed by atoms with Crippen molar-refractivity contribution in [3.8, 4) is 23.0 Å². The fourth-order valence-electron chi connectivity index (χ4n) is 3.00. The van der Waals surface area contributed by atoms with Crippen molar-refractivity contribution in [2.75, 3.05) is 28.4 Å². The number of carbonyl (C=O) groups excluding carboxylic acids is 2. The van der Waals surface area contributed by atoms with E-state index in [9.17, 15) is 9.59 Å². The van der Waals surface area contributed by atoms with Crippen LogP contribution in [0.25, 0.3) is 12.2 Å². The lowest BCUT2D eigenvalue weighted by molar-refractivity contribution is -0.116. The Balaban J connectivity index is 0.000000201. The van der Waals surface area contributed by atoms with E-state index in [1.807, 2.05) is 24.3 Å². The summed E-state index contributed by atoms with van der Waals surface area (Å²) < 4.78 is 21.7. The summed E-state index contributed by atoms with van der Waals surface area (Å²) in [6.45, 7) is 0. The number of ether oxygens (including phenoxy) is 4. The second kappa shape index (κ2) is 12.8. The van der Waals surface area contributed by atoms with E-state index in [4.69, 9.17) is 43.4 Å². The van der Waals surface area contributed by atoms with Gasteiger partial charge >= 0.3 is 0 Å². The molecular weight excluding hydrogens is 541 g/mol. The number of methoxy groups -OCH3 is 4. The lowest BCUT2D eigenvalue weighted by Crippen LogP contribution is -2.17. The first-order valence-electron chi connectivity index (χ1n) is 10.2. The highest BCUT2D eigenvalue weighted by Gasteiger charge is 2.23. The number of hydrogen-bond donors (Lipinski definition) is 2. The number of carbonyl (C=O) groups is 2. The summed E-state index contributed by atoms with van der Waals surface area (Å²) in [5.74, 6) is 2.34. The number of nitrogens with one attached hydrogen (secondary N) is 2. The third kappa shape index (κ3) is 7.00. The van der Waals surface area contributed by atoms with Gasteiger partial charge in [0, 0.05) is 23.3 Å². The number of amides is 2. The second-order valence-electron chi connectivity index (χ2n) is 6.92. The molecule has 0 atom stereocenters. The summed E-state index contributed by atoms with van der Waals surface area (Å²) in [4.78, 5) is 24.2. The van der Waals surface area contributed by atoms with Crippen molar-refractivity contribution < 1.29 is 28.5 Å². The van der Waals surface area contributed by atoms with Gasteiger partial charge in [0.1, 0.15) is 31.6 Å². The van der Waals surface area contributed by atoms with E-state index in [1.165, 1.54) is 23.5 Å². The molecule has 2 aromatic rings. The third-order valence-electron chi connectivity index (χ3n) is 4.74. The Kier molecular flexibility index (Phi) is 9.76. The topological polar surface area (TPSA) is 95.1 Å². The van der Waals surface area contributed by atoms with Crippen molar-refractivity contribution in [3.63, 3.8) is 0 Å². The van der Waals surface area contributed by atoms with Crippen molar-refractivity contribution in [2.45, 2.75) is 0 Å². The van der Waals surface area contributed by atoms with Crippen molar-refractivity contribution >= 4 is 80.6 Å². The number of thioether (sulfide) groups is 2. The molecular formula is C24H22N2O6S4. The summed E-state index contributed by atoms with van der Waals surface area (Å²) in [6, 6.07) is 10.8. The highest BCUT2D eigenvalue weighted by atomic mass is 32.2. The number of thiocarbonyl (C=S) groups is 2. The van der Waals surface area contributed by atoms with E-state index in [0.29, 0.717) is 41.4 Å². The second-order valence-corrected chi connectivity index (χ2v) is 10.4. The highest BCUT2D eigenvalue weighted by Crippen LogP contribution is 2.32. The minimum absolute atomic E-state index is 0.178. The van der Waals surface area contributed by atoms with Crippen molar-refractivity contribution in [1.29, 1.82) is 0 Å². The van der Waals surface area contributed by atoms with E-state index in [1.54, 1.807) is 52.7 Å². The van der Waals surface area contributed by atoms with Crippen LogP contribution in [0.5, 0.6) is 23.0 Å². The molecule has 2 fully saturated rings. The molecule has 0 aromatic heterocycles. The van der Waals surface area contributed by atoms with E-state index < -0.39 is 0 Å². The first-order chi connectivity index (χ1) is 17.3. The molecule has 2 heterocycles. The Bertz CT molecular complexity index is 1180. The standard InChI is InChI=1S/2C12H11NO3S2/c2*1-15-8-4-3-7(9(6-8)16-2)5-10-11(14)13-12(17)18-10/h2*3-6H,1-2H3,(H,13,14,17)/b2*10-5-. The molecule has 2 aliphatic rings. The van der Waals surface area contributed by atoms with Gasteiger partial charge in [0.15, 0.2) is 0 Å². The Morgan fingerprint density at radius 1 is 0.667 bits per heavy atom. The maximum Gasteiger partial charge on any atom is 0.263 e. The van der Waals surface area contributed by atoms with Gasteiger partial charge in [-0.2, -0.15) is 0 Å². The number of hydrogen-bond acceptors (Lipinski definition) is 10. The molecule has 12 heteroatoms. The van der Waals surface area contributed by atoms with Crippen LogP contribution in [0.1, 0.15) is 11.1 Å². The molecule has 2 saturated heterocycles. The molecule has 0 spiro atoms. The fourth-order valence-corrected chi connectivity index (χ4v) is 5.07. The predicted octanol–water partition coefficient (Wildman–Crippen LogP) is 4.39. The van der Waals surface area contributed by atoms with Crippen LogP contribution in [0.2, 0.25) is 0 Å². The van der Waals surface area contributed by atoms with Crippen LogP contribution in [0.3, 0.4) is 0 Å². The average molecular weight is 563 g/mol. The third-order valence-corrected chi connectivity index (χ3v) is 7.06. The van der Waals surface area contributed by atoms with Crippen LogP contribution in [0.4, 0.5) is 0 Å². The Morgan fingerprint density at radius 2 is 1.06 bits per heavy atom. The molecule has 0 bridgehead atoms.